The molecule has 0 atom stereocenters. The zero-order valence-electron chi connectivity index (χ0n) is 13.9. The highest BCUT2D eigenvalue weighted by atomic mass is 32.1. The van der Waals surface area contributed by atoms with Gasteiger partial charge in [0.1, 0.15) is 4.83 Å². The van der Waals surface area contributed by atoms with Gasteiger partial charge in [0, 0.05) is 4.88 Å². The molecule has 0 spiro atoms. The molecule has 0 aliphatic carbocycles. The molecule has 4 aromatic rings. The summed E-state index contributed by atoms with van der Waals surface area (Å²) in [7, 11) is 0. The smallest absolute Gasteiger partial charge is 0.294 e. The number of thiophene rings is 1. The van der Waals surface area contributed by atoms with E-state index >= 15 is 0 Å². The Balaban J connectivity index is 1.77. The van der Waals surface area contributed by atoms with Gasteiger partial charge in [-0.1, -0.05) is 48.5 Å². The van der Waals surface area contributed by atoms with Crippen molar-refractivity contribution >= 4 is 21.6 Å². The second kappa shape index (κ2) is 6.66. The van der Waals surface area contributed by atoms with E-state index in [1.165, 1.54) is 40.4 Å². The SMILES string of the molecule is O=c1c2cc(-c3ccccc3)sc2ncn1Cc1ccccc1C(F)(F)F. The molecule has 0 saturated carbocycles. The topological polar surface area (TPSA) is 34.9 Å². The third kappa shape index (κ3) is 3.38. The molecule has 0 unspecified atom stereocenters. The Kier molecular flexibility index (Phi) is 4.31. The first-order valence-electron chi connectivity index (χ1n) is 8.13. The van der Waals surface area contributed by atoms with Gasteiger partial charge in [0.05, 0.1) is 23.8 Å². The van der Waals surface area contributed by atoms with Gasteiger partial charge in [0.2, 0.25) is 0 Å². The molecule has 0 saturated heterocycles. The number of benzene rings is 2. The van der Waals surface area contributed by atoms with Crippen molar-refractivity contribution in [2.24, 2.45) is 0 Å². The summed E-state index contributed by atoms with van der Waals surface area (Å²) < 4.78 is 40.8. The summed E-state index contributed by atoms with van der Waals surface area (Å²) in [5.41, 5.74) is -0.0941. The monoisotopic (exact) mass is 386 g/mol. The molecule has 0 N–H and O–H groups in total. The van der Waals surface area contributed by atoms with Gasteiger partial charge in [-0.25, -0.2) is 4.98 Å². The van der Waals surface area contributed by atoms with Crippen LogP contribution >= 0.6 is 11.3 Å². The first kappa shape index (κ1) is 17.5. The summed E-state index contributed by atoms with van der Waals surface area (Å²) in [6.45, 7) is -0.187. The van der Waals surface area contributed by atoms with E-state index in [1.807, 2.05) is 30.3 Å². The van der Waals surface area contributed by atoms with Crippen LogP contribution < -0.4 is 5.56 Å². The molecule has 2 aromatic carbocycles. The molecule has 7 heteroatoms. The maximum absolute atomic E-state index is 13.2. The largest absolute Gasteiger partial charge is 0.416 e. The maximum atomic E-state index is 13.2. The predicted octanol–water partition coefficient (Wildman–Crippen LogP) is 5.19. The van der Waals surface area contributed by atoms with Crippen LogP contribution in [0.4, 0.5) is 13.2 Å². The minimum absolute atomic E-state index is 0.0340. The highest BCUT2D eigenvalue weighted by molar-refractivity contribution is 7.21. The fraction of sp³-hybridized carbons (Fsp3) is 0.100. The second-order valence-corrected chi connectivity index (χ2v) is 7.06. The van der Waals surface area contributed by atoms with Crippen LogP contribution in [0, 0.1) is 0 Å². The molecule has 0 aliphatic heterocycles. The minimum atomic E-state index is -4.47. The lowest BCUT2D eigenvalue weighted by Crippen LogP contribution is -2.22. The van der Waals surface area contributed by atoms with Crippen molar-refractivity contribution in [3.05, 3.63) is 88.5 Å². The maximum Gasteiger partial charge on any atom is 0.416 e. The lowest BCUT2D eigenvalue weighted by Gasteiger charge is -2.13. The van der Waals surface area contributed by atoms with Gasteiger partial charge in [0.25, 0.3) is 5.56 Å². The summed E-state index contributed by atoms with van der Waals surface area (Å²) >= 11 is 1.38. The quantitative estimate of drug-likeness (QED) is 0.486. The van der Waals surface area contributed by atoms with Gasteiger partial charge in [-0.3, -0.25) is 9.36 Å². The Morgan fingerprint density at radius 2 is 1.70 bits per heavy atom. The van der Waals surface area contributed by atoms with E-state index in [9.17, 15) is 18.0 Å². The number of fused-ring (bicyclic) bond motifs is 1. The lowest BCUT2D eigenvalue weighted by atomic mass is 10.1. The van der Waals surface area contributed by atoms with Crippen LogP contribution in [0.1, 0.15) is 11.1 Å². The van der Waals surface area contributed by atoms with E-state index in [0.29, 0.717) is 10.2 Å². The molecule has 2 aromatic heterocycles. The van der Waals surface area contributed by atoms with E-state index in [1.54, 1.807) is 6.07 Å². The summed E-state index contributed by atoms with van der Waals surface area (Å²) in [5, 5.41) is 0.408. The molecule has 2 heterocycles. The minimum Gasteiger partial charge on any atom is -0.294 e. The van der Waals surface area contributed by atoms with Crippen LogP contribution in [-0.2, 0) is 12.7 Å². The highest BCUT2D eigenvalue weighted by Gasteiger charge is 2.33. The molecular formula is C20H13F3N2OS. The Hall–Kier alpha value is -2.93. The van der Waals surface area contributed by atoms with E-state index in [4.69, 9.17) is 0 Å². The predicted molar refractivity (Wildman–Crippen MR) is 99.9 cm³/mol. The second-order valence-electron chi connectivity index (χ2n) is 6.03. The molecule has 0 amide bonds. The van der Waals surface area contributed by atoms with Crippen molar-refractivity contribution in [3.63, 3.8) is 0 Å². The van der Waals surface area contributed by atoms with Crippen LogP contribution in [0.15, 0.2) is 71.8 Å². The molecule has 0 aliphatic rings. The molecule has 0 bridgehead atoms. The van der Waals surface area contributed by atoms with Crippen LogP contribution in [0.25, 0.3) is 20.7 Å². The van der Waals surface area contributed by atoms with E-state index in [2.05, 4.69) is 4.98 Å². The molecule has 0 fully saturated rings. The fourth-order valence-electron chi connectivity index (χ4n) is 2.94. The number of rotatable bonds is 3. The first-order valence-corrected chi connectivity index (χ1v) is 8.94. The summed E-state index contributed by atoms with van der Waals surface area (Å²) in [6, 6.07) is 16.6. The summed E-state index contributed by atoms with van der Waals surface area (Å²) in [6.07, 6.45) is -3.16. The third-order valence-corrected chi connectivity index (χ3v) is 5.33. The van der Waals surface area contributed by atoms with Crippen molar-refractivity contribution in [3.8, 4) is 10.4 Å². The van der Waals surface area contributed by atoms with Gasteiger partial charge >= 0.3 is 6.18 Å². The Labute approximate surface area is 156 Å². The fourth-order valence-corrected chi connectivity index (χ4v) is 3.93. The average molecular weight is 386 g/mol. The van der Waals surface area contributed by atoms with Crippen LogP contribution in [0.5, 0.6) is 0 Å². The Morgan fingerprint density at radius 3 is 2.44 bits per heavy atom. The third-order valence-electron chi connectivity index (χ3n) is 4.24. The summed E-state index contributed by atoms with van der Waals surface area (Å²) in [4.78, 5) is 18.5. The van der Waals surface area contributed by atoms with Crippen molar-refractivity contribution in [1.29, 1.82) is 0 Å². The first-order chi connectivity index (χ1) is 12.9. The molecule has 136 valence electrons. The number of alkyl halides is 3. The molecular weight excluding hydrogens is 373 g/mol. The number of hydrogen-bond acceptors (Lipinski definition) is 3. The highest BCUT2D eigenvalue weighted by Crippen LogP contribution is 2.33. The normalized spacial score (nSPS) is 11.8. The Morgan fingerprint density at radius 1 is 1.00 bits per heavy atom. The van der Waals surface area contributed by atoms with E-state index in [-0.39, 0.29) is 17.7 Å². The van der Waals surface area contributed by atoms with Crippen molar-refractivity contribution in [2.75, 3.05) is 0 Å². The standard InChI is InChI=1S/C20H13F3N2OS/c21-20(22,23)16-9-5-4-8-14(16)11-25-12-24-18-15(19(25)26)10-17(27-18)13-6-2-1-3-7-13/h1-10,12H,11H2. The van der Waals surface area contributed by atoms with Gasteiger partial charge in [-0.15, -0.1) is 11.3 Å². The average Bonchev–Trinajstić information content (AvgIpc) is 3.10. The van der Waals surface area contributed by atoms with Crippen LogP contribution in [0.2, 0.25) is 0 Å². The number of nitrogens with zero attached hydrogens (tertiary/aromatic N) is 2. The lowest BCUT2D eigenvalue weighted by molar-refractivity contribution is -0.138. The van der Waals surface area contributed by atoms with Crippen molar-refractivity contribution in [1.82, 2.24) is 9.55 Å². The van der Waals surface area contributed by atoms with Crippen molar-refractivity contribution < 1.29 is 13.2 Å². The van der Waals surface area contributed by atoms with Crippen molar-refractivity contribution in [2.45, 2.75) is 12.7 Å². The molecule has 4 rings (SSSR count). The number of halogens is 3. The zero-order valence-corrected chi connectivity index (χ0v) is 14.7. The molecule has 3 nitrogen and oxygen atoms in total. The molecule has 27 heavy (non-hydrogen) atoms. The van der Waals surface area contributed by atoms with Crippen LogP contribution in [0.3, 0.4) is 0 Å². The van der Waals surface area contributed by atoms with Gasteiger partial charge in [-0.05, 0) is 23.3 Å². The van der Waals surface area contributed by atoms with E-state index in [0.717, 1.165) is 16.5 Å². The van der Waals surface area contributed by atoms with E-state index < -0.39 is 11.7 Å². The van der Waals surface area contributed by atoms with Crippen LogP contribution in [-0.4, -0.2) is 9.55 Å². The van der Waals surface area contributed by atoms with Gasteiger partial charge < -0.3 is 0 Å². The Bertz CT molecular complexity index is 1160. The number of hydrogen-bond donors (Lipinski definition) is 0. The van der Waals surface area contributed by atoms with Gasteiger partial charge in [0.15, 0.2) is 0 Å². The molecule has 0 radical (unpaired) electrons. The summed E-state index contributed by atoms with van der Waals surface area (Å²) in [5.74, 6) is 0. The van der Waals surface area contributed by atoms with Gasteiger partial charge in [-0.2, -0.15) is 13.2 Å². The number of aromatic nitrogens is 2. The zero-order chi connectivity index (χ0) is 19.0.